The highest BCUT2D eigenvalue weighted by Crippen LogP contribution is 2.07. The van der Waals surface area contributed by atoms with E-state index in [1.807, 2.05) is 11.9 Å². The van der Waals surface area contributed by atoms with Crippen LogP contribution < -0.4 is 5.19 Å². The zero-order chi connectivity index (χ0) is 16.2. The highest BCUT2D eigenvalue weighted by atomic mass is 28.3. The van der Waals surface area contributed by atoms with Crippen molar-refractivity contribution in [3.63, 3.8) is 0 Å². The molecule has 1 heterocycles. The average molecular weight is 321 g/mol. The smallest absolute Gasteiger partial charge is 0.236 e. The second kappa shape index (κ2) is 7.40. The molecule has 1 aliphatic rings. The fourth-order valence-electron chi connectivity index (χ4n) is 2.62. The van der Waals surface area contributed by atoms with E-state index in [4.69, 9.17) is 4.74 Å². The van der Waals surface area contributed by atoms with Crippen molar-refractivity contribution in [2.24, 2.45) is 0 Å². The van der Waals surface area contributed by atoms with Gasteiger partial charge in [0.1, 0.15) is 0 Å². The molecule has 1 amide bonds. The number of ether oxygens (including phenoxy) is 1. The molecule has 0 bridgehead atoms. The Hall–Kier alpha value is -1.17. The lowest BCUT2D eigenvalue weighted by atomic mass is 10.2. The van der Waals surface area contributed by atoms with E-state index in [1.165, 1.54) is 10.8 Å². The number of hydrogen-bond donors (Lipinski definition) is 0. The number of hydrogen-bond acceptors (Lipinski definition) is 3. The van der Waals surface area contributed by atoms with Crippen LogP contribution in [0.1, 0.15) is 5.56 Å². The van der Waals surface area contributed by atoms with Crippen LogP contribution in [0, 0.1) is 0 Å². The molecule has 2 rings (SSSR count). The average Bonchev–Trinajstić information content (AvgIpc) is 2.47. The minimum atomic E-state index is -1.23. The molecule has 0 N–H and O–H groups in total. The van der Waals surface area contributed by atoms with Gasteiger partial charge >= 0.3 is 0 Å². The molecule has 4 nitrogen and oxygen atoms in total. The van der Waals surface area contributed by atoms with E-state index >= 15 is 0 Å². The van der Waals surface area contributed by atoms with Gasteiger partial charge < -0.3 is 9.64 Å². The number of carbonyl (C=O) groups is 1. The van der Waals surface area contributed by atoms with Crippen LogP contribution in [0.15, 0.2) is 24.3 Å². The van der Waals surface area contributed by atoms with Crippen LogP contribution in [0.25, 0.3) is 0 Å². The summed E-state index contributed by atoms with van der Waals surface area (Å²) in [5.74, 6) is 0.199. The summed E-state index contributed by atoms with van der Waals surface area (Å²) in [6.45, 7) is 11.1. The lowest BCUT2D eigenvalue weighted by Gasteiger charge is -2.28. The molecule has 1 aromatic rings. The van der Waals surface area contributed by atoms with Crippen LogP contribution in [0.3, 0.4) is 0 Å². The highest BCUT2D eigenvalue weighted by Gasteiger charge is 2.19. The molecule has 1 aromatic carbocycles. The Labute approximate surface area is 135 Å². The number of morpholine rings is 1. The first-order valence-electron chi connectivity index (χ1n) is 8.00. The van der Waals surface area contributed by atoms with Crippen molar-refractivity contribution in [2.45, 2.75) is 26.2 Å². The van der Waals surface area contributed by atoms with Gasteiger partial charge in [-0.05, 0) is 12.6 Å². The van der Waals surface area contributed by atoms with E-state index < -0.39 is 8.07 Å². The summed E-state index contributed by atoms with van der Waals surface area (Å²) in [5.41, 5.74) is 1.26. The lowest BCUT2D eigenvalue weighted by molar-refractivity contribution is -0.136. The highest BCUT2D eigenvalue weighted by molar-refractivity contribution is 6.88. The zero-order valence-corrected chi connectivity index (χ0v) is 15.3. The Morgan fingerprint density at radius 1 is 1.18 bits per heavy atom. The third-order valence-corrected chi connectivity index (χ3v) is 6.11. The molecule has 0 spiro atoms. The van der Waals surface area contributed by atoms with Gasteiger partial charge in [-0.1, -0.05) is 49.1 Å². The molecule has 0 radical (unpaired) electrons. The molecule has 0 unspecified atom stereocenters. The number of likely N-dealkylation sites (N-methyl/N-ethyl adjacent to an activating group) is 1. The van der Waals surface area contributed by atoms with Crippen molar-refractivity contribution in [3.05, 3.63) is 29.8 Å². The van der Waals surface area contributed by atoms with Crippen molar-refractivity contribution < 1.29 is 9.53 Å². The first-order chi connectivity index (χ1) is 10.4. The summed E-state index contributed by atoms with van der Waals surface area (Å²) in [4.78, 5) is 16.2. The second-order valence-electron chi connectivity index (χ2n) is 7.11. The van der Waals surface area contributed by atoms with Crippen molar-refractivity contribution in [1.29, 1.82) is 0 Å². The van der Waals surface area contributed by atoms with E-state index in [1.54, 1.807) is 0 Å². The van der Waals surface area contributed by atoms with Crippen molar-refractivity contribution >= 4 is 19.2 Å². The summed E-state index contributed by atoms with van der Waals surface area (Å²) < 4.78 is 5.28. The molecular formula is C17H28N2O2Si. The van der Waals surface area contributed by atoms with Gasteiger partial charge in [0.15, 0.2) is 0 Å². The Morgan fingerprint density at radius 3 is 2.32 bits per heavy atom. The predicted octanol–water partition coefficient (Wildman–Crippen LogP) is 1.52. The first kappa shape index (κ1) is 17.2. The van der Waals surface area contributed by atoms with Gasteiger partial charge in [-0.3, -0.25) is 9.69 Å². The molecule has 0 aliphatic carbocycles. The van der Waals surface area contributed by atoms with Gasteiger partial charge in [0, 0.05) is 19.6 Å². The number of nitrogens with zero attached hydrogens (tertiary/aromatic N) is 2. The molecule has 0 atom stereocenters. The SMILES string of the molecule is CN(CC(=O)N1CCOCC1)Cc1ccc([Si](C)(C)C)cc1. The normalized spacial score (nSPS) is 16.1. The first-order valence-corrected chi connectivity index (χ1v) is 11.5. The Bertz CT molecular complexity index is 490. The van der Waals surface area contributed by atoms with Crippen LogP contribution in [0.5, 0.6) is 0 Å². The maximum atomic E-state index is 12.2. The van der Waals surface area contributed by atoms with Crippen LogP contribution in [0.4, 0.5) is 0 Å². The summed E-state index contributed by atoms with van der Waals surface area (Å²) in [6.07, 6.45) is 0. The summed E-state index contributed by atoms with van der Waals surface area (Å²) in [7, 11) is 0.774. The van der Waals surface area contributed by atoms with E-state index in [9.17, 15) is 4.79 Å². The summed E-state index contributed by atoms with van der Waals surface area (Å²) in [6, 6.07) is 8.89. The fraction of sp³-hybridized carbons (Fsp3) is 0.588. The number of rotatable bonds is 5. The van der Waals surface area contributed by atoms with Crippen LogP contribution in [-0.2, 0) is 16.1 Å². The van der Waals surface area contributed by atoms with Gasteiger partial charge in [-0.15, -0.1) is 0 Å². The van der Waals surface area contributed by atoms with Crippen molar-refractivity contribution in [2.75, 3.05) is 39.9 Å². The maximum Gasteiger partial charge on any atom is 0.236 e. The van der Waals surface area contributed by atoms with E-state index in [-0.39, 0.29) is 5.91 Å². The Balaban J connectivity index is 1.86. The van der Waals surface area contributed by atoms with Crippen LogP contribution in [-0.4, -0.2) is 63.7 Å². The molecule has 122 valence electrons. The van der Waals surface area contributed by atoms with Crippen molar-refractivity contribution in [3.8, 4) is 0 Å². The third-order valence-electron chi connectivity index (χ3n) is 4.04. The largest absolute Gasteiger partial charge is 0.378 e. The minimum absolute atomic E-state index is 0.199. The Kier molecular flexibility index (Phi) is 5.78. The number of carbonyl (C=O) groups excluding carboxylic acids is 1. The zero-order valence-electron chi connectivity index (χ0n) is 14.3. The van der Waals surface area contributed by atoms with E-state index in [2.05, 4.69) is 48.8 Å². The molecule has 1 aliphatic heterocycles. The molecule has 0 saturated carbocycles. The standard InChI is InChI=1S/C17H28N2O2Si/c1-18(14-17(20)19-9-11-21-12-10-19)13-15-5-7-16(8-6-15)22(2,3)4/h5-8H,9-14H2,1-4H3. The molecule has 0 aromatic heterocycles. The predicted molar refractivity (Wildman–Crippen MR) is 93.2 cm³/mol. The molecule has 5 heteroatoms. The molecular weight excluding hydrogens is 292 g/mol. The van der Waals surface area contributed by atoms with Gasteiger partial charge in [-0.25, -0.2) is 0 Å². The van der Waals surface area contributed by atoms with Gasteiger partial charge in [0.25, 0.3) is 0 Å². The van der Waals surface area contributed by atoms with Crippen LogP contribution in [0.2, 0.25) is 19.6 Å². The third kappa shape index (κ3) is 4.93. The molecule has 1 fully saturated rings. The maximum absolute atomic E-state index is 12.2. The number of amides is 1. The summed E-state index contributed by atoms with van der Waals surface area (Å²) in [5, 5.41) is 1.48. The quantitative estimate of drug-likeness (QED) is 0.771. The number of benzene rings is 1. The summed E-state index contributed by atoms with van der Waals surface area (Å²) >= 11 is 0. The lowest BCUT2D eigenvalue weighted by Crippen LogP contribution is -2.44. The molecule has 1 saturated heterocycles. The molecule has 22 heavy (non-hydrogen) atoms. The van der Waals surface area contributed by atoms with Gasteiger partial charge in [-0.2, -0.15) is 0 Å². The van der Waals surface area contributed by atoms with Crippen molar-refractivity contribution in [1.82, 2.24) is 9.80 Å². The van der Waals surface area contributed by atoms with Gasteiger partial charge in [0.2, 0.25) is 5.91 Å². The van der Waals surface area contributed by atoms with Crippen LogP contribution >= 0.6 is 0 Å². The topological polar surface area (TPSA) is 32.8 Å². The monoisotopic (exact) mass is 320 g/mol. The van der Waals surface area contributed by atoms with Gasteiger partial charge in [0.05, 0.1) is 27.8 Å². The van der Waals surface area contributed by atoms with E-state index in [0.29, 0.717) is 19.8 Å². The van der Waals surface area contributed by atoms with E-state index in [0.717, 1.165) is 19.6 Å². The second-order valence-corrected chi connectivity index (χ2v) is 12.2. The minimum Gasteiger partial charge on any atom is -0.378 e. The fourth-order valence-corrected chi connectivity index (χ4v) is 3.79. The Morgan fingerprint density at radius 2 is 1.77 bits per heavy atom.